The van der Waals surface area contributed by atoms with Gasteiger partial charge in [0.05, 0.1) is 0 Å². The van der Waals surface area contributed by atoms with E-state index in [0.717, 1.165) is 23.9 Å². The minimum absolute atomic E-state index is 0.584. The first kappa shape index (κ1) is 11.3. The van der Waals surface area contributed by atoms with Crippen LogP contribution in [0.15, 0.2) is 30.3 Å². The summed E-state index contributed by atoms with van der Waals surface area (Å²) in [5, 5.41) is 0. The lowest BCUT2D eigenvalue weighted by atomic mass is 9.97. The first-order chi connectivity index (χ1) is 8.18. The molecule has 2 fully saturated rings. The molecule has 0 N–H and O–H groups in total. The molecule has 1 aromatic rings. The molecule has 1 nitrogen and oxygen atoms in total. The highest BCUT2D eigenvalue weighted by molar-refractivity contribution is 5.21. The van der Waals surface area contributed by atoms with E-state index in [0.29, 0.717) is 6.04 Å². The molecule has 0 amide bonds. The number of nitrogens with zero attached hydrogens (tertiary/aromatic N) is 1. The van der Waals surface area contributed by atoms with Crippen molar-refractivity contribution in [2.75, 3.05) is 0 Å². The zero-order chi connectivity index (χ0) is 12.0. The molecule has 0 bridgehead atoms. The van der Waals surface area contributed by atoms with E-state index >= 15 is 0 Å². The Labute approximate surface area is 105 Å². The van der Waals surface area contributed by atoms with E-state index in [1.807, 2.05) is 0 Å². The third-order valence-corrected chi connectivity index (χ3v) is 4.69. The lowest BCUT2D eigenvalue weighted by Gasteiger charge is -2.35. The van der Waals surface area contributed by atoms with Gasteiger partial charge in [0.2, 0.25) is 0 Å². The Morgan fingerprint density at radius 2 is 1.76 bits per heavy atom. The maximum atomic E-state index is 2.80. The number of fused-ring (bicyclic) bond motifs is 1. The molecule has 92 valence electrons. The van der Waals surface area contributed by atoms with Gasteiger partial charge >= 0.3 is 0 Å². The van der Waals surface area contributed by atoms with Gasteiger partial charge in [0.15, 0.2) is 0 Å². The highest BCUT2D eigenvalue weighted by atomic mass is 15.3. The van der Waals surface area contributed by atoms with Crippen LogP contribution in [0.2, 0.25) is 0 Å². The number of rotatable bonds is 3. The second-order valence-electron chi connectivity index (χ2n) is 6.14. The monoisotopic (exact) mass is 229 g/mol. The van der Waals surface area contributed by atoms with Crippen LogP contribution in [-0.2, 0) is 0 Å². The van der Waals surface area contributed by atoms with Gasteiger partial charge in [-0.1, -0.05) is 44.2 Å². The molecule has 2 aliphatic rings. The molecule has 1 saturated heterocycles. The Morgan fingerprint density at radius 3 is 2.41 bits per heavy atom. The Kier molecular flexibility index (Phi) is 2.74. The highest BCUT2D eigenvalue weighted by Gasteiger charge is 2.53. The number of piperidine rings is 1. The van der Waals surface area contributed by atoms with Crippen LogP contribution in [0.4, 0.5) is 0 Å². The van der Waals surface area contributed by atoms with E-state index < -0.39 is 0 Å². The largest absolute Gasteiger partial charge is 0.290 e. The van der Waals surface area contributed by atoms with Crippen LogP contribution in [0.5, 0.6) is 0 Å². The predicted octanol–water partition coefficient (Wildman–Crippen LogP) is 3.87. The Balaban J connectivity index is 1.83. The summed E-state index contributed by atoms with van der Waals surface area (Å²) >= 11 is 0. The van der Waals surface area contributed by atoms with Crippen molar-refractivity contribution in [3.8, 4) is 0 Å². The summed E-state index contributed by atoms with van der Waals surface area (Å²) in [6.07, 6.45) is 2.87. The third-order valence-electron chi connectivity index (χ3n) is 4.69. The standard InChI is InChI=1S/C16H23N/c1-11(2)15-9-14-10-16(14)17(15)12(3)13-7-5-4-6-8-13/h4-8,11-12,14-16H,9-10H2,1-3H3/t12-,14+,15+,16-/m1/s1. The van der Waals surface area contributed by atoms with Gasteiger partial charge in [-0.15, -0.1) is 0 Å². The summed E-state index contributed by atoms with van der Waals surface area (Å²) in [7, 11) is 0. The van der Waals surface area contributed by atoms with E-state index in [4.69, 9.17) is 0 Å². The van der Waals surface area contributed by atoms with Crippen LogP contribution >= 0.6 is 0 Å². The highest BCUT2D eigenvalue weighted by Crippen LogP contribution is 2.52. The van der Waals surface area contributed by atoms with Crippen molar-refractivity contribution in [1.29, 1.82) is 0 Å². The van der Waals surface area contributed by atoms with Crippen molar-refractivity contribution < 1.29 is 0 Å². The minimum atomic E-state index is 0.584. The molecule has 0 spiro atoms. The van der Waals surface area contributed by atoms with Crippen LogP contribution < -0.4 is 0 Å². The summed E-state index contributed by atoms with van der Waals surface area (Å²) in [6.45, 7) is 7.13. The van der Waals surface area contributed by atoms with E-state index in [9.17, 15) is 0 Å². The lowest BCUT2D eigenvalue weighted by Crippen LogP contribution is -2.38. The van der Waals surface area contributed by atoms with Gasteiger partial charge in [0, 0.05) is 18.1 Å². The van der Waals surface area contributed by atoms with Crippen molar-refractivity contribution in [1.82, 2.24) is 4.90 Å². The second kappa shape index (κ2) is 4.13. The van der Waals surface area contributed by atoms with Gasteiger partial charge in [-0.25, -0.2) is 0 Å². The average Bonchev–Trinajstić information content (AvgIpc) is 3.00. The molecular formula is C16H23N. The van der Waals surface area contributed by atoms with Gasteiger partial charge in [0.1, 0.15) is 0 Å². The molecule has 1 saturated carbocycles. The summed E-state index contributed by atoms with van der Waals surface area (Å²) in [5.41, 5.74) is 1.48. The topological polar surface area (TPSA) is 3.24 Å². The zero-order valence-corrected chi connectivity index (χ0v) is 11.1. The molecule has 1 aromatic carbocycles. The van der Waals surface area contributed by atoms with E-state index in [-0.39, 0.29) is 0 Å². The number of hydrogen-bond acceptors (Lipinski definition) is 1. The Morgan fingerprint density at radius 1 is 1.06 bits per heavy atom. The molecule has 4 atom stereocenters. The second-order valence-corrected chi connectivity index (χ2v) is 6.14. The van der Waals surface area contributed by atoms with Crippen LogP contribution in [0.25, 0.3) is 0 Å². The molecule has 1 aliphatic carbocycles. The summed E-state index contributed by atoms with van der Waals surface area (Å²) in [5.74, 6) is 1.79. The van der Waals surface area contributed by atoms with E-state index in [2.05, 4.69) is 56.0 Å². The van der Waals surface area contributed by atoms with Gasteiger partial charge in [-0.3, -0.25) is 4.90 Å². The molecule has 1 heteroatoms. The molecule has 0 radical (unpaired) electrons. The smallest absolute Gasteiger partial charge is 0.0325 e. The number of likely N-dealkylation sites (tertiary alicyclic amines) is 1. The fourth-order valence-electron chi connectivity index (χ4n) is 3.62. The number of hydrogen-bond donors (Lipinski definition) is 0. The SMILES string of the molecule is CC(C)[C@@H]1C[C@H]2C[C@H]2N1[C@H](C)c1ccccc1. The van der Waals surface area contributed by atoms with Crippen molar-refractivity contribution in [3.63, 3.8) is 0 Å². The summed E-state index contributed by atoms with van der Waals surface area (Å²) in [4.78, 5) is 2.80. The van der Waals surface area contributed by atoms with E-state index in [1.165, 1.54) is 18.4 Å². The minimum Gasteiger partial charge on any atom is -0.290 e. The Hall–Kier alpha value is -0.820. The molecule has 17 heavy (non-hydrogen) atoms. The van der Waals surface area contributed by atoms with Crippen LogP contribution in [0.3, 0.4) is 0 Å². The molecule has 1 heterocycles. The van der Waals surface area contributed by atoms with Gasteiger partial charge in [-0.2, -0.15) is 0 Å². The summed E-state index contributed by atoms with van der Waals surface area (Å²) < 4.78 is 0. The molecule has 0 unspecified atom stereocenters. The first-order valence-electron chi connectivity index (χ1n) is 7.01. The molecular weight excluding hydrogens is 206 g/mol. The Bertz CT molecular complexity index is 384. The van der Waals surface area contributed by atoms with Gasteiger partial charge in [-0.05, 0) is 37.2 Å². The van der Waals surface area contributed by atoms with Crippen LogP contribution in [-0.4, -0.2) is 17.0 Å². The predicted molar refractivity (Wildman–Crippen MR) is 71.8 cm³/mol. The van der Waals surface area contributed by atoms with Gasteiger partial charge in [0.25, 0.3) is 0 Å². The molecule has 3 rings (SSSR count). The fourth-order valence-corrected chi connectivity index (χ4v) is 3.62. The third kappa shape index (κ3) is 1.91. The lowest BCUT2D eigenvalue weighted by molar-refractivity contribution is 0.127. The first-order valence-corrected chi connectivity index (χ1v) is 7.01. The zero-order valence-electron chi connectivity index (χ0n) is 11.1. The average molecular weight is 229 g/mol. The van der Waals surface area contributed by atoms with Crippen LogP contribution in [0.1, 0.15) is 45.2 Å². The maximum absolute atomic E-state index is 2.80. The normalized spacial score (nSPS) is 33.8. The quantitative estimate of drug-likeness (QED) is 0.760. The maximum Gasteiger partial charge on any atom is 0.0325 e. The van der Waals surface area contributed by atoms with E-state index in [1.54, 1.807) is 0 Å². The number of benzene rings is 1. The molecule has 1 aliphatic heterocycles. The van der Waals surface area contributed by atoms with Crippen LogP contribution in [0, 0.1) is 11.8 Å². The van der Waals surface area contributed by atoms with Crippen molar-refractivity contribution in [2.45, 2.75) is 51.7 Å². The van der Waals surface area contributed by atoms with Crippen molar-refractivity contribution in [3.05, 3.63) is 35.9 Å². The van der Waals surface area contributed by atoms with Crippen molar-refractivity contribution in [2.24, 2.45) is 11.8 Å². The molecule has 0 aromatic heterocycles. The van der Waals surface area contributed by atoms with Crippen molar-refractivity contribution >= 4 is 0 Å². The fraction of sp³-hybridized carbons (Fsp3) is 0.625. The van der Waals surface area contributed by atoms with Gasteiger partial charge < -0.3 is 0 Å². The summed E-state index contributed by atoms with van der Waals surface area (Å²) in [6, 6.07) is 13.3.